The van der Waals surface area contributed by atoms with Crippen LogP contribution in [0, 0.1) is 11.3 Å². The zero-order valence-electron chi connectivity index (χ0n) is 6.07. The number of hydrogen-bond acceptors (Lipinski definition) is 2. The molecule has 0 N–H and O–H groups in total. The Kier molecular flexibility index (Phi) is 2.40. The van der Waals surface area contributed by atoms with Gasteiger partial charge in [0.05, 0.1) is 11.8 Å². The van der Waals surface area contributed by atoms with E-state index in [-0.39, 0.29) is 5.92 Å². The minimum atomic E-state index is -0.281. The van der Waals surface area contributed by atoms with E-state index in [1.807, 2.05) is 18.2 Å². The Morgan fingerprint density at radius 1 is 1.64 bits per heavy atom. The van der Waals surface area contributed by atoms with Gasteiger partial charge in [0, 0.05) is 6.20 Å². The fourth-order valence-electron chi connectivity index (χ4n) is 0.800. The van der Waals surface area contributed by atoms with Gasteiger partial charge in [0.2, 0.25) is 0 Å². The Balaban J connectivity index is 2.93. The van der Waals surface area contributed by atoms with Crippen molar-refractivity contribution in [1.82, 2.24) is 4.98 Å². The highest BCUT2D eigenvalue weighted by molar-refractivity contribution is 5.21. The standard InChI is InChI=1S/C9H8N2/c1-2-8(7-10)9-5-3-4-6-11-9/h2-6,8H,1H2. The maximum absolute atomic E-state index is 8.62. The summed E-state index contributed by atoms with van der Waals surface area (Å²) in [7, 11) is 0. The van der Waals surface area contributed by atoms with Gasteiger partial charge in [0.25, 0.3) is 0 Å². The van der Waals surface area contributed by atoms with E-state index in [0.29, 0.717) is 0 Å². The second kappa shape index (κ2) is 3.52. The third-order valence-corrected chi connectivity index (χ3v) is 1.38. The summed E-state index contributed by atoms with van der Waals surface area (Å²) in [4.78, 5) is 4.03. The van der Waals surface area contributed by atoms with Crippen molar-refractivity contribution in [3.63, 3.8) is 0 Å². The molecule has 54 valence electrons. The van der Waals surface area contributed by atoms with Crippen molar-refractivity contribution in [3.8, 4) is 6.07 Å². The van der Waals surface area contributed by atoms with Crippen LogP contribution in [0.3, 0.4) is 0 Å². The molecule has 0 aliphatic rings. The van der Waals surface area contributed by atoms with Gasteiger partial charge in [0.1, 0.15) is 5.92 Å². The highest BCUT2D eigenvalue weighted by Gasteiger charge is 2.04. The van der Waals surface area contributed by atoms with Gasteiger partial charge in [-0.3, -0.25) is 4.98 Å². The summed E-state index contributed by atoms with van der Waals surface area (Å²) in [5.41, 5.74) is 0.755. The predicted octanol–water partition coefficient (Wildman–Crippen LogP) is 1.87. The smallest absolute Gasteiger partial charge is 0.106 e. The van der Waals surface area contributed by atoms with Crippen LogP contribution < -0.4 is 0 Å². The van der Waals surface area contributed by atoms with Crippen molar-refractivity contribution in [2.24, 2.45) is 0 Å². The van der Waals surface area contributed by atoms with E-state index in [2.05, 4.69) is 17.6 Å². The number of nitriles is 1. The molecular weight excluding hydrogens is 136 g/mol. The molecule has 1 aromatic heterocycles. The van der Waals surface area contributed by atoms with Gasteiger partial charge < -0.3 is 0 Å². The van der Waals surface area contributed by atoms with Gasteiger partial charge in [0.15, 0.2) is 0 Å². The number of allylic oxidation sites excluding steroid dienone is 1. The summed E-state index contributed by atoms with van der Waals surface area (Å²) in [6, 6.07) is 7.58. The maximum Gasteiger partial charge on any atom is 0.106 e. The Labute approximate surface area is 65.8 Å². The van der Waals surface area contributed by atoms with E-state index in [9.17, 15) is 0 Å². The van der Waals surface area contributed by atoms with Gasteiger partial charge in [-0.15, -0.1) is 6.58 Å². The van der Waals surface area contributed by atoms with Gasteiger partial charge in [-0.2, -0.15) is 5.26 Å². The van der Waals surface area contributed by atoms with Crippen molar-refractivity contribution in [1.29, 1.82) is 5.26 Å². The molecule has 0 aliphatic carbocycles. The van der Waals surface area contributed by atoms with Crippen molar-refractivity contribution in [3.05, 3.63) is 42.7 Å². The lowest BCUT2D eigenvalue weighted by atomic mass is 10.1. The lowest BCUT2D eigenvalue weighted by Crippen LogP contribution is -1.93. The number of pyridine rings is 1. The van der Waals surface area contributed by atoms with Crippen molar-refractivity contribution < 1.29 is 0 Å². The Morgan fingerprint density at radius 2 is 2.45 bits per heavy atom. The van der Waals surface area contributed by atoms with Crippen LogP contribution in [0.25, 0.3) is 0 Å². The molecular formula is C9H8N2. The monoisotopic (exact) mass is 144 g/mol. The van der Waals surface area contributed by atoms with Crippen LogP contribution in [-0.2, 0) is 0 Å². The van der Waals surface area contributed by atoms with Gasteiger partial charge in [-0.05, 0) is 12.1 Å². The quantitative estimate of drug-likeness (QED) is 0.594. The fourth-order valence-corrected chi connectivity index (χ4v) is 0.800. The Bertz CT molecular complexity index is 271. The minimum absolute atomic E-state index is 0.281. The highest BCUT2D eigenvalue weighted by atomic mass is 14.7. The minimum Gasteiger partial charge on any atom is -0.260 e. The topological polar surface area (TPSA) is 36.7 Å². The molecule has 0 aliphatic heterocycles. The fraction of sp³-hybridized carbons (Fsp3) is 0.111. The van der Waals surface area contributed by atoms with E-state index in [4.69, 9.17) is 5.26 Å². The van der Waals surface area contributed by atoms with Crippen molar-refractivity contribution in [2.45, 2.75) is 5.92 Å². The zero-order valence-corrected chi connectivity index (χ0v) is 6.07. The van der Waals surface area contributed by atoms with E-state index in [1.165, 1.54) is 0 Å². The molecule has 0 amide bonds. The first kappa shape index (κ1) is 7.49. The van der Waals surface area contributed by atoms with E-state index >= 15 is 0 Å². The van der Waals surface area contributed by atoms with Crippen LogP contribution in [0.5, 0.6) is 0 Å². The largest absolute Gasteiger partial charge is 0.260 e. The summed E-state index contributed by atoms with van der Waals surface area (Å²) in [5, 5.41) is 8.62. The average molecular weight is 144 g/mol. The molecule has 11 heavy (non-hydrogen) atoms. The second-order valence-corrected chi connectivity index (χ2v) is 2.10. The SMILES string of the molecule is C=CC(C#N)c1ccccn1. The van der Waals surface area contributed by atoms with E-state index in [0.717, 1.165) is 5.69 Å². The molecule has 1 unspecified atom stereocenters. The van der Waals surface area contributed by atoms with E-state index < -0.39 is 0 Å². The zero-order chi connectivity index (χ0) is 8.10. The summed E-state index contributed by atoms with van der Waals surface area (Å²) in [5.74, 6) is -0.281. The molecule has 1 atom stereocenters. The van der Waals surface area contributed by atoms with Crippen LogP contribution in [-0.4, -0.2) is 4.98 Å². The molecule has 0 bridgehead atoms. The van der Waals surface area contributed by atoms with Crippen LogP contribution in [0.4, 0.5) is 0 Å². The second-order valence-electron chi connectivity index (χ2n) is 2.10. The Hall–Kier alpha value is -1.62. The molecule has 0 radical (unpaired) electrons. The predicted molar refractivity (Wildman–Crippen MR) is 42.8 cm³/mol. The lowest BCUT2D eigenvalue weighted by molar-refractivity contribution is 1.01. The maximum atomic E-state index is 8.62. The van der Waals surface area contributed by atoms with Crippen molar-refractivity contribution >= 4 is 0 Å². The normalized spacial score (nSPS) is 11.5. The summed E-state index contributed by atoms with van der Waals surface area (Å²) in [6.45, 7) is 3.55. The first-order valence-corrected chi connectivity index (χ1v) is 3.31. The number of aromatic nitrogens is 1. The van der Waals surface area contributed by atoms with E-state index in [1.54, 1.807) is 12.3 Å². The lowest BCUT2D eigenvalue weighted by Gasteiger charge is -1.99. The number of rotatable bonds is 2. The molecule has 0 saturated heterocycles. The van der Waals surface area contributed by atoms with Gasteiger partial charge >= 0.3 is 0 Å². The molecule has 0 saturated carbocycles. The third-order valence-electron chi connectivity index (χ3n) is 1.38. The number of nitrogens with zero attached hydrogens (tertiary/aromatic N) is 2. The summed E-state index contributed by atoms with van der Waals surface area (Å²) >= 11 is 0. The van der Waals surface area contributed by atoms with Crippen LogP contribution in [0.2, 0.25) is 0 Å². The molecule has 0 aromatic carbocycles. The molecule has 2 heteroatoms. The molecule has 1 aromatic rings. The Morgan fingerprint density at radius 3 is 2.91 bits per heavy atom. The molecule has 0 spiro atoms. The molecule has 0 fully saturated rings. The molecule has 1 heterocycles. The summed E-state index contributed by atoms with van der Waals surface area (Å²) in [6.07, 6.45) is 3.26. The van der Waals surface area contributed by atoms with Crippen LogP contribution in [0.1, 0.15) is 11.6 Å². The highest BCUT2D eigenvalue weighted by Crippen LogP contribution is 2.11. The molecule has 1 rings (SSSR count). The van der Waals surface area contributed by atoms with Crippen molar-refractivity contribution in [2.75, 3.05) is 0 Å². The van der Waals surface area contributed by atoms with Gasteiger partial charge in [-0.25, -0.2) is 0 Å². The van der Waals surface area contributed by atoms with Crippen LogP contribution >= 0.6 is 0 Å². The van der Waals surface area contributed by atoms with Gasteiger partial charge in [-0.1, -0.05) is 12.1 Å². The third kappa shape index (κ3) is 1.65. The number of hydrogen-bond donors (Lipinski definition) is 0. The summed E-state index contributed by atoms with van der Waals surface area (Å²) < 4.78 is 0. The molecule has 2 nitrogen and oxygen atoms in total. The average Bonchev–Trinajstić information content (AvgIpc) is 2.09. The first-order valence-electron chi connectivity index (χ1n) is 3.31. The first-order chi connectivity index (χ1) is 5.38. The van der Waals surface area contributed by atoms with Crippen LogP contribution in [0.15, 0.2) is 37.1 Å².